The number of hydrogen-bond donors (Lipinski definition) is 1. The van der Waals surface area contributed by atoms with Crippen LogP contribution < -0.4 is 5.32 Å². The van der Waals surface area contributed by atoms with E-state index < -0.39 is 0 Å². The topological polar surface area (TPSA) is 68.3 Å². The van der Waals surface area contributed by atoms with Crippen molar-refractivity contribution in [3.63, 3.8) is 0 Å². The van der Waals surface area contributed by atoms with Crippen LogP contribution in [0.15, 0.2) is 42.6 Å². The highest BCUT2D eigenvalue weighted by molar-refractivity contribution is 5.95. The first-order valence-corrected chi connectivity index (χ1v) is 7.16. The van der Waals surface area contributed by atoms with E-state index in [9.17, 15) is 9.59 Å². The number of benzene rings is 1. The third-order valence-corrected chi connectivity index (χ3v) is 3.03. The molecule has 1 amide bonds. The van der Waals surface area contributed by atoms with Gasteiger partial charge in [0.25, 0.3) is 0 Å². The molecular weight excluding hydrogens is 280 g/mol. The minimum Gasteiger partial charge on any atom is -0.466 e. The molecule has 0 aliphatic rings. The molecule has 0 saturated heterocycles. The average Bonchev–Trinajstić information content (AvgIpc) is 2.53. The van der Waals surface area contributed by atoms with Crippen molar-refractivity contribution in [1.29, 1.82) is 0 Å². The van der Waals surface area contributed by atoms with E-state index in [4.69, 9.17) is 4.74 Å². The van der Waals surface area contributed by atoms with E-state index in [1.165, 1.54) is 6.08 Å². The number of hydrogen-bond acceptors (Lipinski definition) is 4. The Kier molecular flexibility index (Phi) is 5.65. The van der Waals surface area contributed by atoms with Crippen molar-refractivity contribution < 1.29 is 14.3 Å². The van der Waals surface area contributed by atoms with Gasteiger partial charge in [-0.25, -0.2) is 0 Å². The molecule has 2 aromatic rings. The van der Waals surface area contributed by atoms with Crippen molar-refractivity contribution in [2.45, 2.75) is 13.3 Å². The van der Waals surface area contributed by atoms with Crippen molar-refractivity contribution in [3.05, 3.63) is 48.2 Å². The second-order valence-corrected chi connectivity index (χ2v) is 4.60. The number of ether oxygens (including phenoxy) is 1. The van der Waals surface area contributed by atoms with Crippen LogP contribution >= 0.6 is 0 Å². The fraction of sp³-hybridized carbons (Fsp3) is 0.235. The number of rotatable bonds is 6. The summed E-state index contributed by atoms with van der Waals surface area (Å²) in [6.07, 6.45) is 5.07. The number of nitrogens with one attached hydrogen (secondary N) is 1. The fourth-order valence-corrected chi connectivity index (χ4v) is 2.01. The molecule has 2 rings (SSSR count). The lowest BCUT2D eigenvalue weighted by atomic mass is 10.1. The van der Waals surface area contributed by atoms with E-state index in [0.29, 0.717) is 6.61 Å². The third-order valence-electron chi connectivity index (χ3n) is 3.03. The number of carbonyl (C=O) groups is 2. The van der Waals surface area contributed by atoms with Crippen molar-refractivity contribution in [2.24, 2.45) is 0 Å². The maximum absolute atomic E-state index is 11.7. The normalized spacial score (nSPS) is 10.8. The maximum Gasteiger partial charge on any atom is 0.307 e. The van der Waals surface area contributed by atoms with Crippen LogP contribution in [0.4, 0.5) is 0 Å². The predicted molar refractivity (Wildman–Crippen MR) is 85.0 cm³/mol. The van der Waals surface area contributed by atoms with Gasteiger partial charge in [-0.3, -0.25) is 14.6 Å². The molecule has 1 N–H and O–H groups in total. The summed E-state index contributed by atoms with van der Waals surface area (Å²) in [5.74, 6) is -0.558. The molecule has 0 spiro atoms. The quantitative estimate of drug-likeness (QED) is 0.656. The lowest BCUT2D eigenvalue weighted by Gasteiger charge is -2.03. The van der Waals surface area contributed by atoms with Gasteiger partial charge in [0.2, 0.25) is 5.91 Å². The van der Waals surface area contributed by atoms with Gasteiger partial charge in [0.15, 0.2) is 0 Å². The highest BCUT2D eigenvalue weighted by Crippen LogP contribution is 2.17. The summed E-state index contributed by atoms with van der Waals surface area (Å²) >= 11 is 0. The van der Waals surface area contributed by atoms with Crippen LogP contribution in [0.25, 0.3) is 17.0 Å². The summed E-state index contributed by atoms with van der Waals surface area (Å²) < 4.78 is 4.79. The van der Waals surface area contributed by atoms with Crippen LogP contribution in [-0.2, 0) is 14.3 Å². The highest BCUT2D eigenvalue weighted by atomic mass is 16.5. The Balaban J connectivity index is 1.93. The van der Waals surface area contributed by atoms with Crippen molar-refractivity contribution in [3.8, 4) is 0 Å². The molecule has 5 heteroatoms. The molecular formula is C17H18N2O3. The molecule has 1 aromatic heterocycles. The Hall–Kier alpha value is -2.69. The third kappa shape index (κ3) is 4.41. The first-order chi connectivity index (χ1) is 10.7. The molecule has 0 atom stereocenters. The summed E-state index contributed by atoms with van der Waals surface area (Å²) in [5.41, 5.74) is 1.80. The molecule has 0 fully saturated rings. The molecule has 0 aliphatic carbocycles. The zero-order valence-corrected chi connectivity index (χ0v) is 12.4. The van der Waals surface area contributed by atoms with E-state index in [0.717, 1.165) is 16.5 Å². The van der Waals surface area contributed by atoms with Gasteiger partial charge in [-0.2, -0.15) is 0 Å². The summed E-state index contributed by atoms with van der Waals surface area (Å²) in [5, 5.41) is 3.63. The van der Waals surface area contributed by atoms with Crippen LogP contribution in [0.3, 0.4) is 0 Å². The molecule has 0 bridgehead atoms. The molecule has 5 nitrogen and oxygen atoms in total. The second kappa shape index (κ2) is 7.93. The molecule has 22 heavy (non-hydrogen) atoms. The molecule has 0 saturated carbocycles. The smallest absolute Gasteiger partial charge is 0.307 e. The first kappa shape index (κ1) is 15.7. The van der Waals surface area contributed by atoms with Gasteiger partial charge in [0.05, 0.1) is 18.5 Å². The Bertz CT molecular complexity index is 690. The second-order valence-electron chi connectivity index (χ2n) is 4.60. The van der Waals surface area contributed by atoms with E-state index in [1.54, 1.807) is 19.2 Å². The Morgan fingerprint density at radius 1 is 1.27 bits per heavy atom. The summed E-state index contributed by atoms with van der Waals surface area (Å²) in [6.45, 7) is 2.36. The molecule has 0 radical (unpaired) electrons. The number of fused-ring (bicyclic) bond motifs is 1. The van der Waals surface area contributed by atoms with Gasteiger partial charge < -0.3 is 10.1 Å². The maximum atomic E-state index is 11.7. The number of carbonyl (C=O) groups excluding carboxylic acids is 2. The largest absolute Gasteiger partial charge is 0.466 e. The molecule has 1 heterocycles. The molecule has 0 unspecified atom stereocenters. The van der Waals surface area contributed by atoms with Crippen molar-refractivity contribution in [1.82, 2.24) is 10.3 Å². The zero-order valence-electron chi connectivity index (χ0n) is 12.4. The van der Waals surface area contributed by atoms with Gasteiger partial charge in [-0.05, 0) is 30.7 Å². The van der Waals surface area contributed by atoms with Gasteiger partial charge in [0.1, 0.15) is 0 Å². The number of pyridine rings is 1. The number of aromatic nitrogens is 1. The summed E-state index contributed by atoms with van der Waals surface area (Å²) in [6, 6.07) is 9.59. The monoisotopic (exact) mass is 298 g/mol. The van der Waals surface area contributed by atoms with E-state index in [1.807, 2.05) is 30.3 Å². The lowest BCUT2D eigenvalue weighted by molar-refractivity contribution is -0.142. The first-order valence-electron chi connectivity index (χ1n) is 7.16. The van der Waals surface area contributed by atoms with E-state index >= 15 is 0 Å². The Labute approximate surface area is 129 Å². The van der Waals surface area contributed by atoms with Crippen molar-refractivity contribution in [2.75, 3.05) is 13.2 Å². The number of esters is 1. The minimum absolute atomic E-state index is 0.172. The summed E-state index contributed by atoms with van der Waals surface area (Å²) in [7, 11) is 0. The number of nitrogens with zero attached hydrogens (tertiary/aromatic N) is 1. The number of amides is 1. The van der Waals surface area contributed by atoms with Crippen LogP contribution in [0.1, 0.15) is 18.9 Å². The minimum atomic E-state index is -0.313. The van der Waals surface area contributed by atoms with Crippen molar-refractivity contribution >= 4 is 28.9 Å². The predicted octanol–water partition coefficient (Wildman–Crippen LogP) is 2.32. The van der Waals surface area contributed by atoms with Crippen LogP contribution in [0, 0.1) is 0 Å². The fourth-order valence-electron chi connectivity index (χ4n) is 2.01. The highest BCUT2D eigenvalue weighted by Gasteiger charge is 2.03. The van der Waals surface area contributed by atoms with Gasteiger partial charge in [-0.1, -0.05) is 18.2 Å². The van der Waals surface area contributed by atoms with Crippen LogP contribution in [0.2, 0.25) is 0 Å². The standard InChI is InChI=1S/C17H18N2O3/c1-2-22-17(21)10-12-19-16(20)8-7-13-9-11-18-15-6-4-3-5-14(13)15/h3-9,11H,2,10,12H2,1H3,(H,19,20)/b8-7+. The molecule has 0 aliphatic heterocycles. The number of para-hydroxylation sites is 1. The SMILES string of the molecule is CCOC(=O)CCNC(=O)/C=C/c1ccnc2ccccc12. The van der Waals surface area contributed by atoms with E-state index in [-0.39, 0.29) is 24.8 Å². The summed E-state index contributed by atoms with van der Waals surface area (Å²) in [4.78, 5) is 27.1. The molecule has 1 aromatic carbocycles. The Morgan fingerprint density at radius 3 is 2.91 bits per heavy atom. The van der Waals surface area contributed by atoms with E-state index in [2.05, 4.69) is 10.3 Å². The Morgan fingerprint density at radius 2 is 2.09 bits per heavy atom. The zero-order chi connectivity index (χ0) is 15.8. The average molecular weight is 298 g/mol. The van der Waals surface area contributed by atoms with Gasteiger partial charge in [-0.15, -0.1) is 0 Å². The van der Waals surface area contributed by atoms with Gasteiger partial charge in [0, 0.05) is 24.2 Å². The van der Waals surface area contributed by atoms with Crippen LogP contribution in [-0.4, -0.2) is 30.0 Å². The van der Waals surface area contributed by atoms with Gasteiger partial charge >= 0.3 is 5.97 Å². The lowest BCUT2D eigenvalue weighted by Crippen LogP contribution is -2.24. The molecule has 114 valence electrons. The van der Waals surface area contributed by atoms with Crippen LogP contribution in [0.5, 0.6) is 0 Å².